The SMILES string of the molecule is CC1CCN(C(=O)N2CCSC(C)(C)CC2)CC1. The molecule has 104 valence electrons. The molecule has 0 spiro atoms. The molecule has 0 aromatic rings. The highest BCUT2D eigenvalue weighted by Gasteiger charge is 2.29. The van der Waals surface area contributed by atoms with Crippen LogP contribution in [0.1, 0.15) is 40.0 Å². The van der Waals surface area contributed by atoms with E-state index in [2.05, 4.69) is 30.6 Å². The molecule has 0 aromatic carbocycles. The number of piperidine rings is 1. The number of amides is 2. The fraction of sp³-hybridized carbons (Fsp3) is 0.929. The van der Waals surface area contributed by atoms with E-state index in [1.54, 1.807) is 0 Å². The molecule has 18 heavy (non-hydrogen) atoms. The van der Waals surface area contributed by atoms with E-state index in [9.17, 15) is 4.79 Å². The largest absolute Gasteiger partial charge is 0.325 e. The van der Waals surface area contributed by atoms with Crippen molar-refractivity contribution in [1.82, 2.24) is 9.80 Å². The lowest BCUT2D eigenvalue weighted by molar-refractivity contribution is 0.136. The first-order valence-electron chi connectivity index (χ1n) is 7.16. The number of rotatable bonds is 0. The van der Waals surface area contributed by atoms with Crippen LogP contribution in [0.15, 0.2) is 0 Å². The van der Waals surface area contributed by atoms with Gasteiger partial charge < -0.3 is 9.80 Å². The standard InChI is InChI=1S/C14H26N2OS/c1-12-4-7-15(8-5-12)13(17)16-9-6-14(2,3)18-11-10-16/h12H,4-11H2,1-3H3. The van der Waals surface area contributed by atoms with E-state index in [0.717, 1.165) is 44.3 Å². The van der Waals surface area contributed by atoms with Gasteiger partial charge in [0.15, 0.2) is 0 Å². The van der Waals surface area contributed by atoms with E-state index in [0.29, 0.717) is 4.75 Å². The Morgan fingerprint density at radius 1 is 1.11 bits per heavy atom. The van der Waals surface area contributed by atoms with Crippen molar-refractivity contribution >= 4 is 17.8 Å². The summed E-state index contributed by atoms with van der Waals surface area (Å²) in [7, 11) is 0. The van der Waals surface area contributed by atoms with Crippen molar-refractivity contribution in [3.8, 4) is 0 Å². The molecule has 0 saturated carbocycles. The average Bonchev–Trinajstić information content (AvgIpc) is 2.50. The summed E-state index contributed by atoms with van der Waals surface area (Å²) in [6.07, 6.45) is 3.44. The third-order valence-electron chi connectivity index (χ3n) is 4.16. The molecular formula is C14H26N2OS. The highest BCUT2D eigenvalue weighted by atomic mass is 32.2. The van der Waals surface area contributed by atoms with Crippen LogP contribution in [0.5, 0.6) is 0 Å². The molecule has 0 aliphatic carbocycles. The molecular weight excluding hydrogens is 244 g/mol. The molecule has 0 unspecified atom stereocenters. The zero-order valence-corrected chi connectivity index (χ0v) is 12.8. The van der Waals surface area contributed by atoms with E-state index >= 15 is 0 Å². The maximum atomic E-state index is 12.5. The molecule has 2 aliphatic heterocycles. The number of nitrogens with zero attached hydrogens (tertiary/aromatic N) is 2. The fourth-order valence-electron chi connectivity index (χ4n) is 2.61. The van der Waals surface area contributed by atoms with Gasteiger partial charge in [-0.2, -0.15) is 11.8 Å². The molecule has 2 aliphatic rings. The third-order valence-corrected chi connectivity index (χ3v) is 5.53. The van der Waals surface area contributed by atoms with Gasteiger partial charge in [-0.1, -0.05) is 20.8 Å². The van der Waals surface area contributed by atoms with Crippen molar-refractivity contribution in [2.24, 2.45) is 5.92 Å². The van der Waals surface area contributed by atoms with E-state index in [4.69, 9.17) is 0 Å². The van der Waals surface area contributed by atoms with Gasteiger partial charge in [0.25, 0.3) is 0 Å². The molecule has 0 atom stereocenters. The van der Waals surface area contributed by atoms with Gasteiger partial charge in [0.1, 0.15) is 0 Å². The van der Waals surface area contributed by atoms with Crippen molar-refractivity contribution in [2.75, 3.05) is 31.9 Å². The zero-order valence-electron chi connectivity index (χ0n) is 11.9. The number of likely N-dealkylation sites (tertiary alicyclic amines) is 1. The molecule has 3 nitrogen and oxygen atoms in total. The monoisotopic (exact) mass is 270 g/mol. The second kappa shape index (κ2) is 5.72. The molecule has 0 radical (unpaired) electrons. The van der Waals surface area contributed by atoms with Gasteiger partial charge in [-0.15, -0.1) is 0 Å². The number of carbonyl (C=O) groups is 1. The minimum atomic E-state index is 0.278. The second-order valence-electron chi connectivity index (χ2n) is 6.30. The van der Waals surface area contributed by atoms with Crippen LogP contribution in [-0.4, -0.2) is 52.5 Å². The Morgan fingerprint density at radius 3 is 2.39 bits per heavy atom. The van der Waals surface area contributed by atoms with Crippen molar-refractivity contribution < 1.29 is 4.79 Å². The van der Waals surface area contributed by atoms with E-state index in [-0.39, 0.29) is 6.03 Å². The smallest absolute Gasteiger partial charge is 0.320 e. The fourth-order valence-corrected chi connectivity index (χ4v) is 3.71. The quantitative estimate of drug-likeness (QED) is 0.675. The van der Waals surface area contributed by atoms with Crippen LogP contribution in [0, 0.1) is 5.92 Å². The first-order chi connectivity index (χ1) is 8.48. The zero-order chi connectivity index (χ0) is 13.2. The summed E-state index contributed by atoms with van der Waals surface area (Å²) >= 11 is 2.00. The molecule has 4 heteroatoms. The normalized spacial score (nSPS) is 25.9. The predicted molar refractivity (Wildman–Crippen MR) is 78.1 cm³/mol. The summed E-state index contributed by atoms with van der Waals surface area (Å²) in [4.78, 5) is 16.6. The molecule has 2 fully saturated rings. The molecule has 0 bridgehead atoms. The molecule has 2 rings (SSSR count). The Hall–Kier alpha value is -0.380. The van der Waals surface area contributed by atoms with Crippen molar-refractivity contribution in [3.05, 3.63) is 0 Å². The lowest BCUT2D eigenvalue weighted by atomic mass is 9.99. The Morgan fingerprint density at radius 2 is 1.72 bits per heavy atom. The van der Waals surface area contributed by atoms with Crippen molar-refractivity contribution in [1.29, 1.82) is 0 Å². The molecule has 0 aromatic heterocycles. The Kier molecular flexibility index (Phi) is 4.46. The lowest BCUT2D eigenvalue weighted by Crippen LogP contribution is -2.47. The van der Waals surface area contributed by atoms with Gasteiger partial charge in [-0.25, -0.2) is 4.79 Å². The molecule has 2 saturated heterocycles. The summed E-state index contributed by atoms with van der Waals surface area (Å²) in [6, 6.07) is 0.278. The van der Waals surface area contributed by atoms with Crippen LogP contribution in [0.3, 0.4) is 0 Å². The maximum absolute atomic E-state index is 12.5. The summed E-state index contributed by atoms with van der Waals surface area (Å²) in [5.41, 5.74) is 0. The maximum Gasteiger partial charge on any atom is 0.320 e. The summed E-state index contributed by atoms with van der Waals surface area (Å²) in [5.74, 6) is 1.86. The minimum absolute atomic E-state index is 0.278. The van der Waals surface area contributed by atoms with Gasteiger partial charge in [0.2, 0.25) is 0 Å². The first-order valence-corrected chi connectivity index (χ1v) is 8.14. The number of hydrogen-bond donors (Lipinski definition) is 0. The molecule has 2 heterocycles. The van der Waals surface area contributed by atoms with Crippen LogP contribution >= 0.6 is 11.8 Å². The third kappa shape index (κ3) is 3.56. The van der Waals surface area contributed by atoms with Crippen LogP contribution < -0.4 is 0 Å². The topological polar surface area (TPSA) is 23.6 Å². The van der Waals surface area contributed by atoms with Gasteiger partial charge in [0.05, 0.1) is 0 Å². The molecule has 2 amide bonds. The Balaban J connectivity index is 1.89. The average molecular weight is 270 g/mol. The minimum Gasteiger partial charge on any atom is -0.325 e. The van der Waals surface area contributed by atoms with Gasteiger partial charge in [-0.3, -0.25) is 0 Å². The summed E-state index contributed by atoms with van der Waals surface area (Å²) in [6.45, 7) is 10.6. The van der Waals surface area contributed by atoms with E-state index in [1.807, 2.05) is 11.8 Å². The number of thioether (sulfide) groups is 1. The van der Waals surface area contributed by atoms with Crippen LogP contribution in [0.4, 0.5) is 4.79 Å². The van der Waals surface area contributed by atoms with E-state index < -0.39 is 0 Å². The van der Waals surface area contributed by atoms with Crippen LogP contribution in [0.25, 0.3) is 0 Å². The number of carbonyl (C=O) groups excluding carboxylic acids is 1. The Labute approximate surface area is 115 Å². The first kappa shape index (κ1) is 14.0. The highest BCUT2D eigenvalue weighted by Crippen LogP contribution is 2.31. The predicted octanol–water partition coefficient (Wildman–Crippen LogP) is 3.06. The second-order valence-corrected chi connectivity index (χ2v) is 8.10. The van der Waals surface area contributed by atoms with Gasteiger partial charge >= 0.3 is 6.03 Å². The lowest BCUT2D eigenvalue weighted by Gasteiger charge is -2.34. The summed E-state index contributed by atoms with van der Waals surface area (Å²) in [5, 5.41) is 0. The van der Waals surface area contributed by atoms with Gasteiger partial charge in [0, 0.05) is 36.7 Å². The van der Waals surface area contributed by atoms with Gasteiger partial charge in [-0.05, 0) is 25.2 Å². The Bertz CT molecular complexity index is 298. The van der Waals surface area contributed by atoms with Crippen molar-refractivity contribution in [2.45, 2.75) is 44.8 Å². The van der Waals surface area contributed by atoms with Crippen molar-refractivity contribution in [3.63, 3.8) is 0 Å². The number of hydrogen-bond acceptors (Lipinski definition) is 2. The van der Waals surface area contributed by atoms with Crippen LogP contribution in [0.2, 0.25) is 0 Å². The van der Waals surface area contributed by atoms with Crippen LogP contribution in [-0.2, 0) is 0 Å². The van der Waals surface area contributed by atoms with E-state index in [1.165, 1.54) is 12.8 Å². The summed E-state index contributed by atoms with van der Waals surface area (Å²) < 4.78 is 0.325. The number of urea groups is 1. The highest BCUT2D eigenvalue weighted by molar-refractivity contribution is 8.00. The molecule has 0 N–H and O–H groups in total.